The Morgan fingerprint density at radius 3 is 2.54 bits per heavy atom. The van der Waals surface area contributed by atoms with Gasteiger partial charge in [-0.05, 0) is 37.6 Å². The predicted octanol–water partition coefficient (Wildman–Crippen LogP) is 4.52. The van der Waals surface area contributed by atoms with Crippen LogP contribution in [-0.2, 0) is 7.05 Å². The number of hydrogen-bond donors (Lipinski definition) is 0. The van der Waals surface area contributed by atoms with Crippen LogP contribution in [0.25, 0.3) is 11.4 Å². The number of nitriles is 1. The molecule has 0 bridgehead atoms. The van der Waals surface area contributed by atoms with Crippen molar-refractivity contribution in [2.24, 2.45) is 7.05 Å². The molecule has 0 amide bonds. The zero-order valence-corrected chi connectivity index (χ0v) is 14.7. The van der Waals surface area contributed by atoms with Gasteiger partial charge >= 0.3 is 0 Å². The van der Waals surface area contributed by atoms with Gasteiger partial charge in [0, 0.05) is 17.9 Å². The first-order valence-electron chi connectivity index (χ1n) is 7.71. The van der Waals surface area contributed by atoms with Gasteiger partial charge in [-0.3, -0.25) is 0 Å². The number of nitrogens with zero attached hydrogens (tertiary/aromatic N) is 4. The molecule has 3 rings (SSSR count). The van der Waals surface area contributed by atoms with Crippen molar-refractivity contribution in [3.05, 3.63) is 65.2 Å². The molecule has 0 fully saturated rings. The van der Waals surface area contributed by atoms with E-state index in [9.17, 15) is 0 Å². The molecule has 1 atom stereocenters. The van der Waals surface area contributed by atoms with E-state index >= 15 is 0 Å². The highest BCUT2D eigenvalue weighted by atomic mass is 32.2. The Bertz CT molecular complexity index is 890. The molecule has 4 nitrogen and oxygen atoms in total. The van der Waals surface area contributed by atoms with Crippen LogP contribution in [0.5, 0.6) is 0 Å². The van der Waals surface area contributed by atoms with Crippen molar-refractivity contribution in [2.45, 2.75) is 24.3 Å². The first-order valence-corrected chi connectivity index (χ1v) is 8.59. The van der Waals surface area contributed by atoms with E-state index in [2.05, 4.69) is 48.3 Å². The fourth-order valence-corrected chi connectivity index (χ4v) is 3.45. The summed E-state index contributed by atoms with van der Waals surface area (Å²) in [6.45, 7) is 4.20. The summed E-state index contributed by atoms with van der Waals surface area (Å²) < 4.78 is 2.03. The maximum atomic E-state index is 8.89. The van der Waals surface area contributed by atoms with E-state index in [1.54, 1.807) is 11.8 Å². The average Bonchev–Trinajstić information content (AvgIpc) is 2.95. The summed E-state index contributed by atoms with van der Waals surface area (Å²) in [7, 11) is 1.99. The van der Waals surface area contributed by atoms with Gasteiger partial charge in [0.2, 0.25) is 0 Å². The van der Waals surface area contributed by atoms with Crippen LogP contribution < -0.4 is 0 Å². The third-order valence-electron chi connectivity index (χ3n) is 3.90. The van der Waals surface area contributed by atoms with Gasteiger partial charge in [-0.25, -0.2) is 0 Å². The normalized spacial score (nSPS) is 11.9. The molecule has 0 aliphatic heterocycles. The molecule has 1 heterocycles. The summed E-state index contributed by atoms with van der Waals surface area (Å²) in [5.41, 5.74) is 4.12. The predicted molar refractivity (Wildman–Crippen MR) is 96.6 cm³/mol. The number of thioether (sulfide) groups is 1. The number of benzene rings is 2. The molecule has 0 radical (unpaired) electrons. The first-order chi connectivity index (χ1) is 11.6. The Hall–Kier alpha value is -2.58. The molecule has 0 aliphatic rings. The van der Waals surface area contributed by atoms with Crippen LogP contribution in [0.2, 0.25) is 0 Å². The minimum atomic E-state index is 0.228. The summed E-state index contributed by atoms with van der Waals surface area (Å²) in [4.78, 5) is 0. The highest BCUT2D eigenvalue weighted by Gasteiger charge is 2.15. The smallest absolute Gasteiger partial charge is 0.191 e. The first kappa shape index (κ1) is 16.3. The van der Waals surface area contributed by atoms with Crippen molar-refractivity contribution < 1.29 is 0 Å². The zero-order valence-electron chi connectivity index (χ0n) is 13.9. The zero-order chi connectivity index (χ0) is 17.1. The molecular formula is C19H18N4S. The van der Waals surface area contributed by atoms with Crippen molar-refractivity contribution in [3.8, 4) is 17.5 Å². The van der Waals surface area contributed by atoms with Gasteiger partial charge in [-0.1, -0.05) is 47.7 Å². The Morgan fingerprint density at radius 2 is 1.88 bits per heavy atom. The SMILES string of the molecule is Cc1cccc(-c2nnc(SC(C)c3ccc(C#N)cc3)n2C)c1. The van der Waals surface area contributed by atoms with E-state index in [1.807, 2.05) is 41.9 Å². The highest BCUT2D eigenvalue weighted by molar-refractivity contribution is 7.99. The minimum Gasteiger partial charge on any atom is -0.305 e. The monoisotopic (exact) mass is 334 g/mol. The van der Waals surface area contributed by atoms with Gasteiger partial charge < -0.3 is 4.57 Å². The van der Waals surface area contributed by atoms with Crippen LogP contribution in [-0.4, -0.2) is 14.8 Å². The van der Waals surface area contributed by atoms with E-state index in [0.29, 0.717) is 5.56 Å². The Kier molecular flexibility index (Phi) is 4.68. The Morgan fingerprint density at radius 1 is 1.12 bits per heavy atom. The Balaban J connectivity index is 1.82. The van der Waals surface area contributed by atoms with E-state index in [4.69, 9.17) is 5.26 Å². The van der Waals surface area contributed by atoms with Gasteiger partial charge in [0.05, 0.1) is 11.6 Å². The van der Waals surface area contributed by atoms with E-state index in [1.165, 1.54) is 11.1 Å². The second-order valence-electron chi connectivity index (χ2n) is 5.73. The molecule has 0 aliphatic carbocycles. The molecule has 1 unspecified atom stereocenters. The molecule has 5 heteroatoms. The van der Waals surface area contributed by atoms with Crippen LogP contribution in [0.4, 0.5) is 0 Å². The van der Waals surface area contributed by atoms with E-state index in [-0.39, 0.29) is 5.25 Å². The fraction of sp³-hybridized carbons (Fsp3) is 0.211. The summed E-state index contributed by atoms with van der Waals surface area (Å²) >= 11 is 1.66. The second-order valence-corrected chi connectivity index (χ2v) is 7.04. The molecule has 0 saturated heterocycles. The maximum absolute atomic E-state index is 8.89. The summed E-state index contributed by atoms with van der Waals surface area (Å²) in [6.07, 6.45) is 0. The molecule has 3 aromatic rings. The van der Waals surface area contributed by atoms with Crippen molar-refractivity contribution in [1.82, 2.24) is 14.8 Å². The third-order valence-corrected chi connectivity index (χ3v) is 5.09. The van der Waals surface area contributed by atoms with Crippen LogP contribution in [0.1, 0.15) is 28.9 Å². The van der Waals surface area contributed by atoms with Gasteiger partial charge in [0.1, 0.15) is 0 Å². The van der Waals surface area contributed by atoms with Crippen LogP contribution in [0, 0.1) is 18.3 Å². The Labute approximate surface area is 146 Å². The molecule has 0 saturated carbocycles. The van der Waals surface area contributed by atoms with Gasteiger partial charge in [0.15, 0.2) is 11.0 Å². The molecule has 0 spiro atoms. The lowest BCUT2D eigenvalue weighted by Gasteiger charge is -2.11. The second kappa shape index (κ2) is 6.90. The summed E-state index contributed by atoms with van der Waals surface area (Å²) in [5.74, 6) is 0.869. The fourth-order valence-electron chi connectivity index (χ4n) is 2.51. The lowest BCUT2D eigenvalue weighted by molar-refractivity contribution is 0.790. The quantitative estimate of drug-likeness (QED) is 0.659. The average molecular weight is 334 g/mol. The maximum Gasteiger partial charge on any atom is 0.191 e. The largest absolute Gasteiger partial charge is 0.305 e. The van der Waals surface area contributed by atoms with Crippen molar-refractivity contribution in [3.63, 3.8) is 0 Å². The molecular weight excluding hydrogens is 316 g/mol. The van der Waals surface area contributed by atoms with Crippen LogP contribution >= 0.6 is 11.8 Å². The molecule has 2 aromatic carbocycles. The lowest BCUT2D eigenvalue weighted by atomic mass is 10.1. The molecule has 120 valence electrons. The van der Waals surface area contributed by atoms with Gasteiger partial charge in [-0.2, -0.15) is 5.26 Å². The van der Waals surface area contributed by atoms with Crippen LogP contribution in [0.3, 0.4) is 0 Å². The molecule has 24 heavy (non-hydrogen) atoms. The van der Waals surface area contributed by atoms with Gasteiger partial charge in [0.25, 0.3) is 0 Å². The molecule has 0 N–H and O–H groups in total. The van der Waals surface area contributed by atoms with Gasteiger partial charge in [-0.15, -0.1) is 10.2 Å². The standard InChI is InChI=1S/C19H18N4S/c1-13-5-4-6-17(11-13)18-21-22-19(23(18)3)24-14(2)16-9-7-15(12-20)8-10-16/h4-11,14H,1-3H3. The number of rotatable bonds is 4. The number of aryl methyl sites for hydroxylation is 1. The third kappa shape index (κ3) is 3.34. The minimum absolute atomic E-state index is 0.228. The topological polar surface area (TPSA) is 54.5 Å². The van der Waals surface area contributed by atoms with Crippen LogP contribution in [0.15, 0.2) is 53.7 Å². The van der Waals surface area contributed by atoms with E-state index in [0.717, 1.165) is 16.5 Å². The lowest BCUT2D eigenvalue weighted by Crippen LogP contribution is -1.97. The molecule has 1 aromatic heterocycles. The highest BCUT2D eigenvalue weighted by Crippen LogP contribution is 2.34. The van der Waals surface area contributed by atoms with Crippen molar-refractivity contribution in [2.75, 3.05) is 0 Å². The van der Waals surface area contributed by atoms with Crippen molar-refractivity contribution >= 4 is 11.8 Å². The number of aromatic nitrogens is 3. The van der Waals surface area contributed by atoms with Crippen molar-refractivity contribution in [1.29, 1.82) is 5.26 Å². The van der Waals surface area contributed by atoms with E-state index < -0.39 is 0 Å². The summed E-state index contributed by atoms with van der Waals surface area (Å²) in [6, 6.07) is 18.1. The number of hydrogen-bond acceptors (Lipinski definition) is 4. The summed E-state index contributed by atoms with van der Waals surface area (Å²) in [5, 5.41) is 18.7.